The van der Waals surface area contributed by atoms with E-state index in [1.807, 2.05) is 13.8 Å². The number of hydrogen-bond acceptors (Lipinski definition) is 3. The summed E-state index contributed by atoms with van der Waals surface area (Å²) in [4.78, 5) is 12.2. The molecule has 0 aliphatic rings. The first-order chi connectivity index (χ1) is 8.52. The van der Waals surface area contributed by atoms with E-state index >= 15 is 0 Å². The molecule has 0 aliphatic heterocycles. The number of carbonyl (C=O) groups is 1. The lowest BCUT2D eigenvalue weighted by molar-refractivity contribution is 0.101. The van der Waals surface area contributed by atoms with E-state index in [0.717, 1.165) is 16.9 Å². The van der Waals surface area contributed by atoms with Gasteiger partial charge in [0.2, 0.25) is 5.78 Å². The van der Waals surface area contributed by atoms with Gasteiger partial charge in [0.15, 0.2) is 11.0 Å². The minimum absolute atomic E-state index is 0.184. The Balaban J connectivity index is 2.43. The van der Waals surface area contributed by atoms with Gasteiger partial charge in [-0.3, -0.25) is 4.79 Å². The molecule has 1 heterocycles. The second kappa shape index (κ2) is 4.86. The highest BCUT2D eigenvalue weighted by molar-refractivity contribution is 6.29. The standard InChI is InChI=1S/C14H13ClO3/c1-8-6-10(7-9(2)14(8)17-3)13(16)11-4-5-12(15)18-11/h4-7H,1-3H3. The molecule has 2 rings (SSSR count). The summed E-state index contributed by atoms with van der Waals surface area (Å²) in [5.41, 5.74) is 2.40. The van der Waals surface area contributed by atoms with Crippen molar-refractivity contribution < 1.29 is 13.9 Å². The Bertz CT molecular complexity index is 576. The molecule has 18 heavy (non-hydrogen) atoms. The molecular weight excluding hydrogens is 252 g/mol. The summed E-state index contributed by atoms with van der Waals surface area (Å²) in [5, 5.41) is 0.209. The molecule has 0 aliphatic carbocycles. The van der Waals surface area contributed by atoms with Gasteiger partial charge in [0.25, 0.3) is 0 Å². The summed E-state index contributed by atoms with van der Waals surface area (Å²) in [5.74, 6) is 0.851. The number of benzene rings is 1. The zero-order valence-electron chi connectivity index (χ0n) is 10.4. The predicted octanol–water partition coefficient (Wildman–Crippen LogP) is 3.79. The molecule has 0 unspecified atom stereocenters. The molecule has 0 fully saturated rings. The van der Waals surface area contributed by atoms with E-state index in [-0.39, 0.29) is 16.8 Å². The number of hydrogen-bond donors (Lipinski definition) is 0. The number of aryl methyl sites for hydroxylation is 2. The SMILES string of the molecule is COc1c(C)cc(C(=O)c2ccc(Cl)o2)cc1C. The first kappa shape index (κ1) is 12.7. The molecule has 94 valence electrons. The van der Waals surface area contributed by atoms with Crippen LogP contribution in [-0.4, -0.2) is 12.9 Å². The van der Waals surface area contributed by atoms with E-state index in [1.165, 1.54) is 0 Å². The average Bonchev–Trinajstić information content (AvgIpc) is 2.74. The molecule has 0 spiro atoms. The monoisotopic (exact) mass is 264 g/mol. The van der Waals surface area contributed by atoms with Crippen molar-refractivity contribution in [3.05, 3.63) is 51.9 Å². The quantitative estimate of drug-likeness (QED) is 0.792. The van der Waals surface area contributed by atoms with Gasteiger partial charge < -0.3 is 9.15 Å². The molecule has 0 N–H and O–H groups in total. The van der Waals surface area contributed by atoms with Gasteiger partial charge in [0.1, 0.15) is 5.75 Å². The van der Waals surface area contributed by atoms with Gasteiger partial charge in [-0.25, -0.2) is 0 Å². The highest BCUT2D eigenvalue weighted by Crippen LogP contribution is 2.26. The molecule has 2 aromatic rings. The van der Waals surface area contributed by atoms with E-state index in [2.05, 4.69) is 0 Å². The lowest BCUT2D eigenvalue weighted by Crippen LogP contribution is -2.02. The summed E-state index contributed by atoms with van der Waals surface area (Å²) >= 11 is 5.66. The van der Waals surface area contributed by atoms with E-state index < -0.39 is 0 Å². The fourth-order valence-corrected chi connectivity index (χ4v) is 2.13. The minimum atomic E-state index is -0.184. The van der Waals surface area contributed by atoms with Crippen LogP contribution in [0.4, 0.5) is 0 Å². The Morgan fingerprint density at radius 3 is 2.28 bits per heavy atom. The number of ketones is 1. The molecule has 0 amide bonds. The predicted molar refractivity (Wildman–Crippen MR) is 69.6 cm³/mol. The number of methoxy groups -OCH3 is 1. The Morgan fingerprint density at radius 2 is 1.83 bits per heavy atom. The van der Waals surface area contributed by atoms with Crippen molar-refractivity contribution in [2.45, 2.75) is 13.8 Å². The van der Waals surface area contributed by atoms with Crippen LogP contribution >= 0.6 is 11.6 Å². The largest absolute Gasteiger partial charge is 0.496 e. The summed E-state index contributed by atoms with van der Waals surface area (Å²) in [6.07, 6.45) is 0. The maximum Gasteiger partial charge on any atom is 0.228 e. The second-order valence-electron chi connectivity index (χ2n) is 4.08. The Morgan fingerprint density at radius 1 is 1.22 bits per heavy atom. The van der Waals surface area contributed by atoms with Crippen molar-refractivity contribution in [2.75, 3.05) is 7.11 Å². The summed E-state index contributed by atoms with van der Waals surface area (Å²) in [6.45, 7) is 3.80. The Labute approximate surface area is 110 Å². The molecule has 0 radical (unpaired) electrons. The van der Waals surface area contributed by atoms with Crippen LogP contribution in [-0.2, 0) is 0 Å². The van der Waals surface area contributed by atoms with Gasteiger partial charge in [-0.2, -0.15) is 0 Å². The molecule has 0 saturated heterocycles. The molecule has 1 aromatic carbocycles. The van der Waals surface area contributed by atoms with Crippen molar-refractivity contribution in [1.29, 1.82) is 0 Å². The molecule has 0 saturated carbocycles. The van der Waals surface area contributed by atoms with E-state index in [1.54, 1.807) is 31.4 Å². The topological polar surface area (TPSA) is 39.4 Å². The molecule has 0 bridgehead atoms. The van der Waals surface area contributed by atoms with Gasteiger partial charge >= 0.3 is 0 Å². The highest BCUT2D eigenvalue weighted by atomic mass is 35.5. The van der Waals surface area contributed by atoms with Gasteiger partial charge in [0.05, 0.1) is 7.11 Å². The maximum atomic E-state index is 12.2. The fourth-order valence-electron chi connectivity index (χ4n) is 1.98. The zero-order valence-corrected chi connectivity index (χ0v) is 11.2. The van der Waals surface area contributed by atoms with Crippen LogP contribution in [0, 0.1) is 13.8 Å². The van der Waals surface area contributed by atoms with Gasteiger partial charge in [-0.1, -0.05) is 0 Å². The van der Waals surface area contributed by atoms with Gasteiger partial charge in [-0.15, -0.1) is 0 Å². The van der Waals surface area contributed by atoms with Crippen LogP contribution in [0.15, 0.2) is 28.7 Å². The summed E-state index contributed by atoms with van der Waals surface area (Å²) in [6, 6.07) is 6.69. The van der Waals surface area contributed by atoms with Crippen molar-refractivity contribution in [1.82, 2.24) is 0 Å². The van der Waals surface area contributed by atoms with Crippen molar-refractivity contribution in [2.24, 2.45) is 0 Å². The molecule has 1 aromatic heterocycles. The zero-order chi connectivity index (χ0) is 13.3. The first-order valence-corrected chi connectivity index (χ1v) is 5.86. The molecular formula is C14H13ClO3. The Hall–Kier alpha value is -1.74. The third-order valence-electron chi connectivity index (χ3n) is 2.72. The van der Waals surface area contributed by atoms with Crippen LogP contribution < -0.4 is 4.74 Å². The normalized spacial score (nSPS) is 10.4. The number of furan rings is 1. The second-order valence-corrected chi connectivity index (χ2v) is 4.45. The van der Waals surface area contributed by atoms with Crippen LogP contribution in [0.1, 0.15) is 27.2 Å². The van der Waals surface area contributed by atoms with Crippen LogP contribution in [0.3, 0.4) is 0 Å². The van der Waals surface area contributed by atoms with Gasteiger partial charge in [-0.05, 0) is 60.8 Å². The van der Waals surface area contributed by atoms with E-state index in [9.17, 15) is 4.79 Å². The van der Waals surface area contributed by atoms with Crippen molar-refractivity contribution in [3.63, 3.8) is 0 Å². The average molecular weight is 265 g/mol. The van der Waals surface area contributed by atoms with Crippen molar-refractivity contribution >= 4 is 17.4 Å². The lowest BCUT2D eigenvalue weighted by atomic mass is 10.0. The third-order valence-corrected chi connectivity index (χ3v) is 2.93. The first-order valence-electron chi connectivity index (χ1n) is 5.48. The Kier molecular flexibility index (Phi) is 3.43. The fraction of sp³-hybridized carbons (Fsp3) is 0.214. The van der Waals surface area contributed by atoms with Crippen LogP contribution in [0.25, 0.3) is 0 Å². The molecule has 4 heteroatoms. The lowest BCUT2D eigenvalue weighted by Gasteiger charge is -2.10. The number of halogens is 1. The van der Waals surface area contributed by atoms with E-state index in [0.29, 0.717) is 5.56 Å². The smallest absolute Gasteiger partial charge is 0.228 e. The van der Waals surface area contributed by atoms with Crippen LogP contribution in [0.2, 0.25) is 5.22 Å². The summed E-state index contributed by atoms with van der Waals surface area (Å²) < 4.78 is 10.4. The van der Waals surface area contributed by atoms with Gasteiger partial charge in [0, 0.05) is 5.56 Å². The third kappa shape index (κ3) is 2.27. The number of rotatable bonds is 3. The van der Waals surface area contributed by atoms with Crippen molar-refractivity contribution in [3.8, 4) is 5.75 Å². The summed E-state index contributed by atoms with van der Waals surface area (Å²) in [7, 11) is 1.61. The number of ether oxygens (including phenoxy) is 1. The van der Waals surface area contributed by atoms with Crippen LogP contribution in [0.5, 0.6) is 5.75 Å². The number of carbonyl (C=O) groups excluding carboxylic acids is 1. The van der Waals surface area contributed by atoms with E-state index in [4.69, 9.17) is 20.8 Å². The minimum Gasteiger partial charge on any atom is -0.496 e. The molecule has 0 atom stereocenters. The highest BCUT2D eigenvalue weighted by Gasteiger charge is 2.16. The molecule has 3 nitrogen and oxygen atoms in total. The maximum absolute atomic E-state index is 12.2.